The minimum atomic E-state index is -0.397. The van der Waals surface area contributed by atoms with Gasteiger partial charge in [-0.05, 0) is 6.92 Å². The maximum absolute atomic E-state index is 11.3. The molecule has 4 heteroatoms. The van der Waals surface area contributed by atoms with Crippen LogP contribution in [0.25, 0.3) is 0 Å². The second-order valence-corrected chi connectivity index (χ2v) is 2.80. The summed E-state index contributed by atoms with van der Waals surface area (Å²) in [6.45, 7) is 5.78. The van der Waals surface area contributed by atoms with E-state index in [1.165, 1.54) is 4.90 Å². The minimum absolute atomic E-state index is 0.0468. The van der Waals surface area contributed by atoms with Crippen LogP contribution in [0.4, 0.5) is 0 Å². The van der Waals surface area contributed by atoms with Crippen molar-refractivity contribution >= 4 is 11.8 Å². The molecule has 0 bridgehead atoms. The molecule has 1 fully saturated rings. The summed E-state index contributed by atoms with van der Waals surface area (Å²) in [5.74, 6) is -0.154. The Balaban J connectivity index is 2.65. The molecular formula is C8H12N2O2. The molecule has 66 valence electrons. The van der Waals surface area contributed by atoms with Crippen molar-refractivity contribution in [2.75, 3.05) is 13.1 Å². The van der Waals surface area contributed by atoms with E-state index in [4.69, 9.17) is 0 Å². The monoisotopic (exact) mass is 168 g/mol. The number of amides is 2. The van der Waals surface area contributed by atoms with E-state index >= 15 is 0 Å². The Morgan fingerprint density at radius 1 is 1.75 bits per heavy atom. The number of carbonyl (C=O) groups excluding carboxylic acids is 2. The van der Waals surface area contributed by atoms with Crippen molar-refractivity contribution in [3.63, 3.8) is 0 Å². The quantitative estimate of drug-likeness (QED) is 0.566. The van der Waals surface area contributed by atoms with E-state index in [0.29, 0.717) is 6.54 Å². The van der Waals surface area contributed by atoms with E-state index in [1.54, 1.807) is 13.0 Å². The lowest BCUT2D eigenvalue weighted by Gasteiger charge is -2.29. The van der Waals surface area contributed by atoms with Crippen LogP contribution in [-0.4, -0.2) is 35.8 Å². The largest absolute Gasteiger partial charge is 0.343 e. The molecule has 0 spiro atoms. The van der Waals surface area contributed by atoms with Crippen molar-refractivity contribution in [1.82, 2.24) is 10.2 Å². The maximum Gasteiger partial charge on any atom is 0.245 e. The third-order valence-corrected chi connectivity index (χ3v) is 1.74. The molecule has 0 radical (unpaired) electrons. The van der Waals surface area contributed by atoms with Crippen LogP contribution in [-0.2, 0) is 9.59 Å². The summed E-state index contributed by atoms with van der Waals surface area (Å²) in [4.78, 5) is 23.8. The summed E-state index contributed by atoms with van der Waals surface area (Å²) in [6.07, 6.45) is 1.61. The first-order valence-electron chi connectivity index (χ1n) is 3.84. The Hall–Kier alpha value is -1.32. The number of hydrogen-bond acceptors (Lipinski definition) is 2. The highest BCUT2D eigenvalue weighted by Gasteiger charge is 2.28. The van der Waals surface area contributed by atoms with E-state index in [-0.39, 0.29) is 18.4 Å². The van der Waals surface area contributed by atoms with Crippen molar-refractivity contribution in [3.8, 4) is 0 Å². The average Bonchev–Trinajstić information content (AvgIpc) is 2.00. The Labute approximate surface area is 71.2 Å². The van der Waals surface area contributed by atoms with Gasteiger partial charge in [0.2, 0.25) is 11.8 Å². The van der Waals surface area contributed by atoms with E-state index in [0.717, 1.165) is 0 Å². The molecule has 1 rings (SSSR count). The summed E-state index contributed by atoms with van der Waals surface area (Å²) in [5, 5.41) is 2.55. The molecule has 1 saturated heterocycles. The second-order valence-electron chi connectivity index (χ2n) is 2.80. The summed E-state index contributed by atoms with van der Waals surface area (Å²) in [7, 11) is 0. The third kappa shape index (κ3) is 1.64. The predicted octanol–water partition coefficient (Wildman–Crippen LogP) is -0.481. The van der Waals surface area contributed by atoms with Crippen LogP contribution in [0.2, 0.25) is 0 Å². The van der Waals surface area contributed by atoms with Gasteiger partial charge in [0.05, 0.1) is 6.54 Å². The lowest BCUT2D eigenvalue weighted by Crippen LogP contribution is -2.56. The molecule has 4 nitrogen and oxygen atoms in total. The van der Waals surface area contributed by atoms with Gasteiger partial charge in [0.25, 0.3) is 0 Å². The predicted molar refractivity (Wildman–Crippen MR) is 44.4 cm³/mol. The van der Waals surface area contributed by atoms with Gasteiger partial charge >= 0.3 is 0 Å². The first kappa shape index (κ1) is 8.77. The van der Waals surface area contributed by atoms with Gasteiger partial charge in [-0.3, -0.25) is 9.59 Å². The molecule has 12 heavy (non-hydrogen) atoms. The van der Waals surface area contributed by atoms with Gasteiger partial charge in [-0.25, -0.2) is 0 Å². The van der Waals surface area contributed by atoms with Crippen molar-refractivity contribution < 1.29 is 9.59 Å². The Bertz CT molecular complexity index is 225. The molecule has 2 amide bonds. The highest BCUT2D eigenvalue weighted by molar-refractivity contribution is 5.94. The second kappa shape index (κ2) is 3.38. The Kier molecular flexibility index (Phi) is 2.47. The molecular weight excluding hydrogens is 156 g/mol. The fourth-order valence-corrected chi connectivity index (χ4v) is 1.18. The lowest BCUT2D eigenvalue weighted by molar-refractivity contribution is -0.143. The van der Waals surface area contributed by atoms with Gasteiger partial charge in [0.1, 0.15) is 6.04 Å². The fourth-order valence-electron chi connectivity index (χ4n) is 1.18. The normalized spacial score (nSPS) is 23.8. The Morgan fingerprint density at radius 3 is 3.00 bits per heavy atom. The number of piperazine rings is 1. The SMILES string of the molecule is C=CCN1CC(=O)N[C@@H](C)C1=O. The van der Waals surface area contributed by atoms with Gasteiger partial charge in [-0.1, -0.05) is 6.08 Å². The molecule has 1 aliphatic rings. The lowest BCUT2D eigenvalue weighted by atomic mass is 10.2. The number of rotatable bonds is 2. The average molecular weight is 168 g/mol. The van der Waals surface area contributed by atoms with Gasteiger partial charge < -0.3 is 10.2 Å². The van der Waals surface area contributed by atoms with Crippen LogP contribution < -0.4 is 5.32 Å². The topological polar surface area (TPSA) is 49.4 Å². The molecule has 0 aromatic carbocycles. The molecule has 0 aromatic heterocycles. The number of carbonyl (C=O) groups is 2. The molecule has 0 unspecified atom stereocenters. The van der Waals surface area contributed by atoms with Crippen LogP contribution in [0, 0.1) is 0 Å². The van der Waals surface area contributed by atoms with Crippen molar-refractivity contribution in [2.24, 2.45) is 0 Å². The van der Waals surface area contributed by atoms with E-state index < -0.39 is 6.04 Å². The van der Waals surface area contributed by atoms with Crippen molar-refractivity contribution in [2.45, 2.75) is 13.0 Å². The zero-order valence-electron chi connectivity index (χ0n) is 7.04. The molecule has 1 atom stereocenters. The van der Waals surface area contributed by atoms with E-state index in [9.17, 15) is 9.59 Å². The summed E-state index contributed by atoms with van der Waals surface area (Å²) < 4.78 is 0. The highest BCUT2D eigenvalue weighted by Crippen LogP contribution is 2.00. The zero-order valence-corrected chi connectivity index (χ0v) is 7.04. The summed E-state index contributed by atoms with van der Waals surface area (Å²) in [6, 6.07) is -0.397. The number of nitrogens with zero attached hydrogens (tertiary/aromatic N) is 1. The van der Waals surface area contributed by atoms with Gasteiger partial charge in [0, 0.05) is 6.54 Å². The van der Waals surface area contributed by atoms with Crippen LogP contribution in [0.5, 0.6) is 0 Å². The van der Waals surface area contributed by atoms with Crippen LogP contribution in [0.15, 0.2) is 12.7 Å². The highest BCUT2D eigenvalue weighted by atomic mass is 16.2. The first-order valence-corrected chi connectivity index (χ1v) is 3.84. The number of hydrogen-bond donors (Lipinski definition) is 1. The molecule has 1 heterocycles. The van der Waals surface area contributed by atoms with Gasteiger partial charge in [-0.2, -0.15) is 0 Å². The maximum atomic E-state index is 11.3. The molecule has 1 N–H and O–H groups in total. The smallest absolute Gasteiger partial charge is 0.245 e. The number of nitrogens with one attached hydrogen (secondary N) is 1. The summed E-state index contributed by atoms with van der Waals surface area (Å²) >= 11 is 0. The molecule has 0 aliphatic carbocycles. The van der Waals surface area contributed by atoms with Crippen LogP contribution in [0.1, 0.15) is 6.92 Å². The van der Waals surface area contributed by atoms with E-state index in [1.807, 2.05) is 0 Å². The molecule has 0 aromatic rings. The zero-order chi connectivity index (χ0) is 9.14. The van der Waals surface area contributed by atoms with Gasteiger partial charge in [-0.15, -0.1) is 6.58 Å². The van der Waals surface area contributed by atoms with E-state index in [2.05, 4.69) is 11.9 Å². The standard InChI is InChI=1S/C8H12N2O2/c1-3-4-10-5-7(11)9-6(2)8(10)12/h3,6H,1,4-5H2,2H3,(H,9,11)/t6-/m0/s1. The van der Waals surface area contributed by atoms with Crippen LogP contribution >= 0.6 is 0 Å². The summed E-state index contributed by atoms with van der Waals surface area (Å²) in [5.41, 5.74) is 0. The first-order chi connectivity index (χ1) is 5.65. The molecule has 1 aliphatic heterocycles. The van der Waals surface area contributed by atoms with Gasteiger partial charge in [0.15, 0.2) is 0 Å². The minimum Gasteiger partial charge on any atom is -0.343 e. The fraction of sp³-hybridized carbons (Fsp3) is 0.500. The third-order valence-electron chi connectivity index (χ3n) is 1.74. The van der Waals surface area contributed by atoms with Crippen molar-refractivity contribution in [1.29, 1.82) is 0 Å². The van der Waals surface area contributed by atoms with Crippen LogP contribution in [0.3, 0.4) is 0 Å². The van der Waals surface area contributed by atoms with Crippen molar-refractivity contribution in [3.05, 3.63) is 12.7 Å². The Morgan fingerprint density at radius 2 is 2.42 bits per heavy atom. The molecule has 0 saturated carbocycles.